The van der Waals surface area contributed by atoms with Crippen molar-refractivity contribution in [3.63, 3.8) is 0 Å². The average Bonchev–Trinajstić information content (AvgIpc) is 3.04. The fraction of sp³-hybridized carbons (Fsp3) is 0.615. The first-order chi connectivity index (χ1) is 9.56. The molecule has 2 atom stereocenters. The van der Waals surface area contributed by atoms with E-state index in [1.165, 1.54) is 0 Å². The van der Waals surface area contributed by atoms with Crippen molar-refractivity contribution in [2.24, 2.45) is 11.8 Å². The lowest BCUT2D eigenvalue weighted by molar-refractivity contribution is -0.125. The highest BCUT2D eigenvalue weighted by atomic mass is 16.5. The molecule has 0 saturated carbocycles. The molecule has 0 aliphatic carbocycles. The Balaban J connectivity index is 2.10. The van der Waals surface area contributed by atoms with Crippen LogP contribution in [0.5, 0.6) is 0 Å². The number of methoxy groups -OCH3 is 1. The Morgan fingerprint density at radius 2 is 2.30 bits per heavy atom. The Morgan fingerprint density at radius 3 is 2.85 bits per heavy atom. The molecule has 1 fully saturated rings. The lowest BCUT2D eigenvalue weighted by Gasteiger charge is -2.14. The van der Waals surface area contributed by atoms with Gasteiger partial charge in [0, 0.05) is 39.2 Å². The van der Waals surface area contributed by atoms with Gasteiger partial charge in [0.1, 0.15) is 5.76 Å². The van der Waals surface area contributed by atoms with E-state index in [4.69, 9.17) is 9.26 Å². The van der Waals surface area contributed by atoms with Crippen molar-refractivity contribution in [2.75, 3.05) is 33.9 Å². The molecule has 20 heavy (non-hydrogen) atoms. The van der Waals surface area contributed by atoms with Crippen molar-refractivity contribution < 1.29 is 18.8 Å². The summed E-state index contributed by atoms with van der Waals surface area (Å²) in [5.74, 6) is 0.0469. The molecule has 0 bridgehead atoms. The minimum Gasteiger partial charge on any atom is -0.384 e. The molecule has 1 saturated heterocycles. The number of carbonyl (C=O) groups is 2. The zero-order valence-electron chi connectivity index (χ0n) is 11.9. The van der Waals surface area contributed by atoms with Crippen molar-refractivity contribution in [1.29, 1.82) is 0 Å². The molecule has 2 heterocycles. The van der Waals surface area contributed by atoms with E-state index in [-0.39, 0.29) is 29.3 Å². The summed E-state index contributed by atoms with van der Waals surface area (Å²) in [7, 11) is 3.18. The van der Waals surface area contributed by atoms with Crippen molar-refractivity contribution >= 4 is 11.8 Å². The number of nitrogens with zero attached hydrogens (tertiary/aromatic N) is 2. The molecular weight excluding hydrogens is 262 g/mol. The number of hydrogen-bond donors (Lipinski definition) is 1. The van der Waals surface area contributed by atoms with Gasteiger partial charge in [-0.25, -0.2) is 0 Å². The molecule has 0 radical (unpaired) electrons. The van der Waals surface area contributed by atoms with Gasteiger partial charge in [0.15, 0.2) is 5.69 Å². The lowest BCUT2D eigenvalue weighted by Crippen LogP contribution is -2.34. The Kier molecular flexibility index (Phi) is 4.39. The second-order valence-corrected chi connectivity index (χ2v) is 4.97. The molecule has 1 aromatic rings. The van der Waals surface area contributed by atoms with Gasteiger partial charge in [-0.3, -0.25) is 9.59 Å². The fourth-order valence-corrected chi connectivity index (χ4v) is 2.53. The predicted octanol–water partition coefficient (Wildman–Crippen LogP) is 0.0636. The van der Waals surface area contributed by atoms with Gasteiger partial charge in [-0.15, -0.1) is 0 Å². The van der Waals surface area contributed by atoms with Gasteiger partial charge in [0.2, 0.25) is 5.91 Å². The minimum absolute atomic E-state index is 0.00287. The molecule has 2 amide bonds. The number of amides is 2. The van der Waals surface area contributed by atoms with E-state index < -0.39 is 0 Å². The molecule has 1 aliphatic heterocycles. The van der Waals surface area contributed by atoms with Crippen molar-refractivity contribution in [2.45, 2.75) is 6.92 Å². The summed E-state index contributed by atoms with van der Waals surface area (Å²) < 4.78 is 10.0. The summed E-state index contributed by atoms with van der Waals surface area (Å²) in [6, 6.07) is 1.60. The highest BCUT2D eigenvalue weighted by Crippen LogP contribution is 2.25. The molecule has 0 spiro atoms. The van der Waals surface area contributed by atoms with E-state index >= 15 is 0 Å². The van der Waals surface area contributed by atoms with Crippen LogP contribution in [0.1, 0.15) is 16.2 Å². The summed E-state index contributed by atoms with van der Waals surface area (Å²) >= 11 is 0. The number of rotatable bonds is 4. The van der Waals surface area contributed by atoms with E-state index in [0.29, 0.717) is 25.5 Å². The number of aromatic nitrogens is 1. The van der Waals surface area contributed by atoms with E-state index in [1.54, 1.807) is 32.0 Å². The normalized spacial score (nSPS) is 22.1. The maximum atomic E-state index is 12.3. The Hall–Kier alpha value is -1.89. The van der Waals surface area contributed by atoms with Gasteiger partial charge >= 0.3 is 0 Å². The van der Waals surface area contributed by atoms with Crippen LogP contribution in [0.2, 0.25) is 0 Å². The van der Waals surface area contributed by atoms with Gasteiger partial charge < -0.3 is 19.5 Å². The highest BCUT2D eigenvalue weighted by Gasteiger charge is 2.39. The summed E-state index contributed by atoms with van der Waals surface area (Å²) in [5.41, 5.74) is 0.274. The molecule has 110 valence electrons. The Bertz CT molecular complexity index is 500. The number of ether oxygens (including phenoxy) is 1. The molecule has 1 aliphatic rings. The number of aryl methyl sites for hydroxylation is 1. The van der Waals surface area contributed by atoms with Crippen molar-refractivity contribution in [3.05, 3.63) is 17.5 Å². The monoisotopic (exact) mass is 281 g/mol. The average molecular weight is 281 g/mol. The van der Waals surface area contributed by atoms with E-state index in [2.05, 4.69) is 10.5 Å². The van der Waals surface area contributed by atoms with Crippen LogP contribution in [-0.4, -0.2) is 55.7 Å². The second kappa shape index (κ2) is 6.04. The molecule has 2 rings (SSSR count). The number of likely N-dealkylation sites (tertiary alicyclic amines) is 1. The third-order valence-corrected chi connectivity index (χ3v) is 3.54. The van der Waals surface area contributed by atoms with Gasteiger partial charge in [0.05, 0.1) is 12.5 Å². The van der Waals surface area contributed by atoms with Crippen LogP contribution in [0.25, 0.3) is 0 Å². The minimum atomic E-state index is -0.253. The van der Waals surface area contributed by atoms with Crippen LogP contribution < -0.4 is 5.32 Å². The Labute approximate surface area is 117 Å². The van der Waals surface area contributed by atoms with Crippen LogP contribution in [0.15, 0.2) is 10.6 Å². The maximum absolute atomic E-state index is 12.3. The highest BCUT2D eigenvalue weighted by molar-refractivity contribution is 5.93. The van der Waals surface area contributed by atoms with E-state index in [0.717, 1.165) is 0 Å². The second-order valence-electron chi connectivity index (χ2n) is 4.97. The van der Waals surface area contributed by atoms with E-state index in [9.17, 15) is 9.59 Å². The first-order valence-electron chi connectivity index (χ1n) is 6.50. The number of nitrogens with one attached hydrogen (secondary N) is 1. The van der Waals surface area contributed by atoms with Gasteiger partial charge in [-0.1, -0.05) is 5.16 Å². The molecule has 7 nitrogen and oxygen atoms in total. The zero-order valence-corrected chi connectivity index (χ0v) is 11.9. The van der Waals surface area contributed by atoms with Gasteiger partial charge in [-0.2, -0.15) is 0 Å². The molecule has 0 aromatic carbocycles. The van der Waals surface area contributed by atoms with Crippen molar-refractivity contribution in [1.82, 2.24) is 15.4 Å². The summed E-state index contributed by atoms with van der Waals surface area (Å²) in [6.45, 7) is 3.03. The maximum Gasteiger partial charge on any atom is 0.276 e. The first-order valence-corrected chi connectivity index (χ1v) is 6.50. The molecule has 0 unspecified atom stereocenters. The van der Waals surface area contributed by atoms with Crippen LogP contribution >= 0.6 is 0 Å². The number of hydrogen-bond acceptors (Lipinski definition) is 5. The van der Waals surface area contributed by atoms with Crippen LogP contribution in [0, 0.1) is 18.8 Å². The zero-order chi connectivity index (χ0) is 14.7. The summed E-state index contributed by atoms with van der Waals surface area (Å²) in [6.07, 6.45) is 0. The van der Waals surface area contributed by atoms with Crippen LogP contribution in [-0.2, 0) is 9.53 Å². The largest absolute Gasteiger partial charge is 0.384 e. The lowest BCUT2D eigenvalue weighted by atomic mass is 9.96. The van der Waals surface area contributed by atoms with Gasteiger partial charge in [-0.05, 0) is 6.92 Å². The summed E-state index contributed by atoms with van der Waals surface area (Å²) in [5, 5.41) is 6.36. The standard InChI is InChI=1S/C13H19N3O4/c1-8-4-11(15-20-8)13(18)16-5-9(7-19-3)10(6-16)12(17)14-2/h4,9-10H,5-7H2,1-3H3,(H,14,17)/t9-,10+/m0/s1. The predicted molar refractivity (Wildman–Crippen MR) is 70.1 cm³/mol. The molecule has 1 aromatic heterocycles. The molecular formula is C13H19N3O4. The Morgan fingerprint density at radius 1 is 1.55 bits per heavy atom. The van der Waals surface area contributed by atoms with Gasteiger partial charge in [0.25, 0.3) is 5.91 Å². The number of carbonyl (C=O) groups excluding carboxylic acids is 2. The van der Waals surface area contributed by atoms with Crippen LogP contribution in [0.4, 0.5) is 0 Å². The first kappa shape index (κ1) is 14.5. The SMILES string of the molecule is CNC(=O)[C@@H]1CN(C(=O)c2cc(C)on2)C[C@H]1COC. The van der Waals surface area contributed by atoms with Crippen LogP contribution in [0.3, 0.4) is 0 Å². The van der Waals surface area contributed by atoms with E-state index in [1.807, 2.05) is 0 Å². The third kappa shape index (κ3) is 2.82. The molecule has 7 heteroatoms. The smallest absolute Gasteiger partial charge is 0.276 e. The third-order valence-electron chi connectivity index (χ3n) is 3.54. The fourth-order valence-electron chi connectivity index (χ4n) is 2.53. The topological polar surface area (TPSA) is 84.7 Å². The molecule has 1 N–H and O–H groups in total. The quantitative estimate of drug-likeness (QED) is 0.844. The summed E-state index contributed by atoms with van der Waals surface area (Å²) in [4.78, 5) is 25.8. The van der Waals surface area contributed by atoms with Crippen molar-refractivity contribution in [3.8, 4) is 0 Å².